The number of halogens is 1. The molecule has 0 aliphatic heterocycles. The van der Waals surface area contributed by atoms with Crippen molar-refractivity contribution in [3.05, 3.63) is 52.1 Å². The molecule has 0 bridgehead atoms. The Morgan fingerprint density at radius 1 is 1.39 bits per heavy atom. The van der Waals surface area contributed by atoms with E-state index in [-0.39, 0.29) is 11.7 Å². The van der Waals surface area contributed by atoms with Gasteiger partial charge in [0.05, 0.1) is 5.56 Å². The molecule has 0 fully saturated rings. The van der Waals surface area contributed by atoms with Crippen molar-refractivity contribution in [2.24, 2.45) is 0 Å². The molecule has 2 aromatic rings. The number of hydrogen-bond acceptors (Lipinski definition) is 3. The first-order valence-electron chi connectivity index (χ1n) is 5.35. The third-order valence-corrected chi connectivity index (χ3v) is 2.84. The molecule has 0 aliphatic carbocycles. The highest BCUT2D eigenvalue weighted by Crippen LogP contribution is 2.18. The summed E-state index contributed by atoms with van der Waals surface area (Å²) in [6.45, 7) is 1.96. The number of hydrogen-bond donors (Lipinski definition) is 2. The molecule has 2 rings (SSSR count). The maximum Gasteiger partial charge on any atom is 0.259 e. The number of amides is 1. The van der Waals surface area contributed by atoms with Crippen LogP contribution in [0.3, 0.4) is 0 Å². The molecule has 0 saturated carbocycles. The fraction of sp³-hybridized carbons (Fsp3) is 0.0769. The topological polar surface area (TPSA) is 68.0 Å². The molecule has 4 nitrogen and oxygen atoms in total. The highest BCUT2D eigenvalue weighted by atomic mass is 79.9. The highest BCUT2D eigenvalue weighted by Gasteiger charge is 2.11. The van der Waals surface area contributed by atoms with Crippen LogP contribution in [0, 0.1) is 6.92 Å². The molecule has 1 heterocycles. The van der Waals surface area contributed by atoms with E-state index in [0.717, 1.165) is 11.3 Å². The van der Waals surface area contributed by atoms with E-state index >= 15 is 0 Å². The summed E-state index contributed by atoms with van der Waals surface area (Å²) in [4.78, 5) is 16.0. The van der Waals surface area contributed by atoms with Crippen molar-refractivity contribution in [1.82, 2.24) is 4.98 Å². The monoisotopic (exact) mass is 305 g/mol. The minimum atomic E-state index is -0.271. The Morgan fingerprint density at radius 2 is 2.17 bits per heavy atom. The lowest BCUT2D eigenvalue weighted by molar-refractivity contribution is 0.102. The van der Waals surface area contributed by atoms with Gasteiger partial charge in [-0.3, -0.25) is 4.79 Å². The van der Waals surface area contributed by atoms with Crippen LogP contribution in [0.4, 0.5) is 11.5 Å². The van der Waals surface area contributed by atoms with Crippen LogP contribution in [-0.4, -0.2) is 10.9 Å². The van der Waals surface area contributed by atoms with Gasteiger partial charge in [-0.2, -0.15) is 0 Å². The predicted molar refractivity (Wildman–Crippen MR) is 75.5 cm³/mol. The van der Waals surface area contributed by atoms with Gasteiger partial charge in [-0.25, -0.2) is 4.98 Å². The van der Waals surface area contributed by atoms with Crippen LogP contribution >= 0.6 is 15.9 Å². The van der Waals surface area contributed by atoms with Crippen molar-refractivity contribution in [3.8, 4) is 0 Å². The average Bonchev–Trinajstić information content (AvgIpc) is 2.32. The van der Waals surface area contributed by atoms with Crippen LogP contribution in [0.15, 0.2) is 41.0 Å². The largest absolute Gasteiger partial charge is 0.383 e. The maximum absolute atomic E-state index is 12.0. The fourth-order valence-corrected chi connectivity index (χ4v) is 1.88. The van der Waals surface area contributed by atoms with Crippen molar-refractivity contribution in [2.45, 2.75) is 6.92 Å². The van der Waals surface area contributed by atoms with Gasteiger partial charge in [-0.05, 0) is 46.6 Å². The van der Waals surface area contributed by atoms with E-state index in [1.807, 2.05) is 31.2 Å². The molecule has 1 aromatic heterocycles. The third kappa shape index (κ3) is 2.87. The Morgan fingerprint density at radius 3 is 2.89 bits per heavy atom. The number of anilines is 2. The molecule has 0 unspecified atom stereocenters. The summed E-state index contributed by atoms with van der Waals surface area (Å²) < 4.78 is 0.714. The first-order valence-corrected chi connectivity index (χ1v) is 6.14. The van der Waals surface area contributed by atoms with Gasteiger partial charge in [0.1, 0.15) is 5.82 Å². The summed E-state index contributed by atoms with van der Waals surface area (Å²) >= 11 is 3.26. The van der Waals surface area contributed by atoms with E-state index in [9.17, 15) is 4.79 Å². The Bertz CT molecular complexity index is 599. The Kier molecular flexibility index (Phi) is 3.62. The number of aryl methyl sites for hydroxylation is 1. The van der Waals surface area contributed by atoms with Crippen molar-refractivity contribution in [1.29, 1.82) is 0 Å². The summed E-state index contributed by atoms with van der Waals surface area (Å²) in [5.41, 5.74) is 7.85. The normalized spacial score (nSPS) is 10.1. The smallest absolute Gasteiger partial charge is 0.259 e. The van der Waals surface area contributed by atoms with Crippen molar-refractivity contribution < 1.29 is 4.79 Å². The minimum Gasteiger partial charge on any atom is -0.383 e. The first-order chi connectivity index (χ1) is 8.56. The van der Waals surface area contributed by atoms with Gasteiger partial charge in [-0.15, -0.1) is 0 Å². The SMILES string of the molecule is Cc1cccc(NC(=O)c2cc(Br)cnc2N)c1. The number of nitrogens with one attached hydrogen (secondary N) is 1. The minimum absolute atomic E-state index is 0.211. The van der Waals surface area contributed by atoms with Crippen LogP contribution in [0.1, 0.15) is 15.9 Å². The molecule has 0 radical (unpaired) electrons. The molecule has 0 saturated heterocycles. The number of benzene rings is 1. The summed E-state index contributed by atoms with van der Waals surface area (Å²) in [5.74, 6) is -0.0600. The van der Waals surface area contributed by atoms with Gasteiger partial charge < -0.3 is 11.1 Å². The number of carbonyl (C=O) groups is 1. The molecule has 3 N–H and O–H groups in total. The number of aromatic nitrogens is 1. The second-order valence-electron chi connectivity index (χ2n) is 3.91. The van der Waals surface area contributed by atoms with Gasteiger partial charge >= 0.3 is 0 Å². The predicted octanol–water partition coefficient (Wildman–Crippen LogP) is 2.99. The van der Waals surface area contributed by atoms with E-state index in [1.165, 1.54) is 0 Å². The van der Waals surface area contributed by atoms with Crippen LogP contribution in [0.25, 0.3) is 0 Å². The van der Waals surface area contributed by atoms with Gasteiger partial charge in [0.15, 0.2) is 0 Å². The van der Waals surface area contributed by atoms with Crippen LogP contribution in [0.2, 0.25) is 0 Å². The van der Waals surface area contributed by atoms with E-state index in [4.69, 9.17) is 5.73 Å². The average molecular weight is 306 g/mol. The molecule has 0 spiro atoms. The van der Waals surface area contributed by atoms with Gasteiger partial charge in [0, 0.05) is 16.4 Å². The van der Waals surface area contributed by atoms with E-state index < -0.39 is 0 Å². The zero-order chi connectivity index (χ0) is 13.1. The number of nitrogens with two attached hydrogens (primary N) is 1. The fourth-order valence-electron chi connectivity index (χ4n) is 1.55. The van der Waals surface area contributed by atoms with Crippen molar-refractivity contribution in [2.75, 3.05) is 11.1 Å². The van der Waals surface area contributed by atoms with E-state index in [2.05, 4.69) is 26.2 Å². The quantitative estimate of drug-likeness (QED) is 0.896. The molecule has 92 valence electrons. The van der Waals surface area contributed by atoms with E-state index in [0.29, 0.717) is 10.0 Å². The summed E-state index contributed by atoms with van der Waals surface area (Å²) in [6.07, 6.45) is 1.55. The van der Waals surface area contributed by atoms with Crippen LogP contribution in [0.5, 0.6) is 0 Å². The van der Waals surface area contributed by atoms with Crippen molar-refractivity contribution in [3.63, 3.8) is 0 Å². The molecule has 0 aliphatic rings. The molecule has 18 heavy (non-hydrogen) atoms. The summed E-state index contributed by atoms with van der Waals surface area (Å²) in [7, 11) is 0. The number of carbonyl (C=O) groups excluding carboxylic acids is 1. The van der Waals surface area contributed by atoms with Gasteiger partial charge in [0.2, 0.25) is 0 Å². The van der Waals surface area contributed by atoms with Crippen molar-refractivity contribution >= 4 is 33.3 Å². The lowest BCUT2D eigenvalue weighted by atomic mass is 10.2. The Hall–Kier alpha value is -1.88. The zero-order valence-corrected chi connectivity index (χ0v) is 11.4. The lowest BCUT2D eigenvalue weighted by Crippen LogP contribution is -2.14. The van der Waals surface area contributed by atoms with Crippen LogP contribution in [-0.2, 0) is 0 Å². The van der Waals surface area contributed by atoms with E-state index in [1.54, 1.807) is 12.3 Å². The lowest BCUT2D eigenvalue weighted by Gasteiger charge is -2.07. The number of nitrogen functional groups attached to an aromatic ring is 1. The number of pyridine rings is 1. The Balaban J connectivity index is 2.24. The highest BCUT2D eigenvalue weighted by molar-refractivity contribution is 9.10. The second kappa shape index (κ2) is 5.18. The maximum atomic E-state index is 12.0. The van der Waals surface area contributed by atoms with Gasteiger partial charge in [-0.1, -0.05) is 12.1 Å². The molecule has 1 amide bonds. The Labute approximate surface area is 113 Å². The number of nitrogens with zero attached hydrogens (tertiary/aromatic N) is 1. The van der Waals surface area contributed by atoms with Gasteiger partial charge in [0.25, 0.3) is 5.91 Å². The number of rotatable bonds is 2. The summed E-state index contributed by atoms with van der Waals surface area (Å²) in [6, 6.07) is 9.21. The summed E-state index contributed by atoms with van der Waals surface area (Å²) in [5, 5.41) is 2.79. The molecule has 0 atom stereocenters. The zero-order valence-electron chi connectivity index (χ0n) is 9.77. The first kappa shape index (κ1) is 12.6. The molecular formula is C13H12BrN3O. The second-order valence-corrected chi connectivity index (χ2v) is 4.83. The molecular weight excluding hydrogens is 294 g/mol. The molecule has 5 heteroatoms. The third-order valence-electron chi connectivity index (χ3n) is 2.41. The standard InChI is InChI=1S/C13H12BrN3O/c1-8-3-2-4-10(5-8)17-13(18)11-6-9(14)7-16-12(11)15/h2-7H,1H3,(H2,15,16)(H,17,18). The molecule has 1 aromatic carbocycles. The van der Waals surface area contributed by atoms with Crippen LogP contribution < -0.4 is 11.1 Å².